The van der Waals surface area contributed by atoms with Crippen LogP contribution in [0.1, 0.15) is 10.6 Å². The van der Waals surface area contributed by atoms with Crippen molar-refractivity contribution >= 4 is 11.3 Å². The average molecular weight is 296 g/mol. The number of aromatic nitrogens is 3. The largest absolute Gasteiger partial charge is 0.480 e. The molecule has 0 aliphatic rings. The molecule has 0 unspecified atom stereocenters. The summed E-state index contributed by atoms with van der Waals surface area (Å²) in [5, 5.41) is 10.0. The number of methoxy groups -OCH3 is 1. The zero-order chi connectivity index (χ0) is 14.5. The molecule has 2 aromatic heterocycles. The summed E-state index contributed by atoms with van der Waals surface area (Å²) in [7, 11) is 1.52. The minimum atomic E-state index is -0.801. The van der Waals surface area contributed by atoms with Crippen molar-refractivity contribution in [3.8, 4) is 16.6 Å². The Morgan fingerprint density at radius 2 is 2.20 bits per heavy atom. The lowest BCUT2D eigenvalue weighted by Gasteiger charge is -1.99. The number of rotatable bonds is 6. The number of hydrogen-bond acceptors (Lipinski definition) is 8. The van der Waals surface area contributed by atoms with Gasteiger partial charge in [0, 0.05) is 11.3 Å². The van der Waals surface area contributed by atoms with Crippen LogP contribution in [-0.4, -0.2) is 33.8 Å². The monoisotopic (exact) mass is 296 g/mol. The highest BCUT2D eigenvalue weighted by Crippen LogP contribution is 2.27. The predicted molar refractivity (Wildman–Crippen MR) is 71.1 cm³/mol. The van der Waals surface area contributed by atoms with Gasteiger partial charge in [0.05, 0.1) is 25.2 Å². The maximum Gasteiger partial charge on any atom is 0.294 e. The maximum absolute atomic E-state index is 10.1. The summed E-state index contributed by atoms with van der Waals surface area (Å²) in [6.45, 7) is 1.86. The van der Waals surface area contributed by atoms with Crippen LogP contribution in [-0.2, 0) is 11.3 Å². The van der Waals surface area contributed by atoms with E-state index in [1.54, 1.807) is 6.20 Å². The van der Waals surface area contributed by atoms with E-state index in [4.69, 9.17) is 4.74 Å². The van der Waals surface area contributed by atoms with Gasteiger partial charge in [-0.1, -0.05) is 0 Å². The van der Waals surface area contributed by atoms with E-state index in [-0.39, 0.29) is 6.61 Å². The molecule has 0 radical (unpaired) electrons. The fraction of sp³-hybridized carbons (Fsp3) is 0.364. The standard InChI is InChI=1S/C11H12N4O4S/c1-7-9(3-4-19-15(16)17)20-11(13-7)8-5-12-6-10(14-8)18-2/h5-6H,3-4H2,1-2H3. The van der Waals surface area contributed by atoms with E-state index in [1.807, 2.05) is 6.92 Å². The molecule has 0 aliphatic carbocycles. The quantitative estimate of drug-likeness (QED) is 0.590. The van der Waals surface area contributed by atoms with Gasteiger partial charge in [-0.2, -0.15) is 0 Å². The number of nitrogens with zero attached hydrogens (tertiary/aromatic N) is 4. The molecule has 8 nitrogen and oxygen atoms in total. The predicted octanol–water partition coefficient (Wildman–Crippen LogP) is 1.67. The van der Waals surface area contributed by atoms with Gasteiger partial charge in [-0.05, 0) is 6.92 Å². The van der Waals surface area contributed by atoms with Crippen LogP contribution in [0.3, 0.4) is 0 Å². The molecule has 9 heteroatoms. The van der Waals surface area contributed by atoms with Crippen molar-refractivity contribution in [3.05, 3.63) is 33.1 Å². The summed E-state index contributed by atoms with van der Waals surface area (Å²) in [5.74, 6) is 0.411. The Labute approximate surface area is 118 Å². The Bertz CT molecular complexity index is 616. The van der Waals surface area contributed by atoms with Gasteiger partial charge in [0.1, 0.15) is 17.3 Å². The van der Waals surface area contributed by atoms with E-state index in [0.29, 0.717) is 23.0 Å². The van der Waals surface area contributed by atoms with Crippen LogP contribution in [0.15, 0.2) is 12.4 Å². The molecule has 2 aromatic rings. The van der Waals surface area contributed by atoms with Crippen molar-refractivity contribution in [2.45, 2.75) is 13.3 Å². The smallest absolute Gasteiger partial charge is 0.294 e. The van der Waals surface area contributed by atoms with Crippen LogP contribution in [0.4, 0.5) is 0 Å². The summed E-state index contributed by atoms with van der Waals surface area (Å²) in [6, 6.07) is 0. The molecular formula is C11H12N4O4S. The van der Waals surface area contributed by atoms with Crippen molar-refractivity contribution in [2.24, 2.45) is 0 Å². The maximum atomic E-state index is 10.1. The summed E-state index contributed by atoms with van der Waals surface area (Å²) in [5.41, 5.74) is 1.42. The highest BCUT2D eigenvalue weighted by atomic mass is 32.1. The molecule has 20 heavy (non-hydrogen) atoms. The lowest BCUT2D eigenvalue weighted by Crippen LogP contribution is -2.04. The van der Waals surface area contributed by atoms with Crippen LogP contribution in [0.5, 0.6) is 5.88 Å². The molecule has 2 rings (SSSR count). The zero-order valence-electron chi connectivity index (χ0n) is 10.9. The van der Waals surface area contributed by atoms with Crippen LogP contribution in [0.25, 0.3) is 10.7 Å². The first kappa shape index (κ1) is 14.1. The van der Waals surface area contributed by atoms with Gasteiger partial charge in [-0.25, -0.2) is 9.97 Å². The third-order valence-corrected chi connectivity index (χ3v) is 3.70. The van der Waals surface area contributed by atoms with Gasteiger partial charge < -0.3 is 9.57 Å². The second-order valence-corrected chi connectivity index (χ2v) is 4.86. The highest BCUT2D eigenvalue weighted by molar-refractivity contribution is 7.15. The molecule has 0 aliphatic heterocycles. The minimum Gasteiger partial charge on any atom is -0.480 e. The molecular weight excluding hydrogens is 284 g/mol. The molecule has 106 valence electrons. The number of aryl methyl sites for hydroxylation is 1. The molecule has 0 N–H and O–H groups in total. The first-order valence-electron chi connectivity index (χ1n) is 5.70. The minimum absolute atomic E-state index is 0.0132. The van der Waals surface area contributed by atoms with E-state index in [9.17, 15) is 10.1 Å². The first-order valence-corrected chi connectivity index (χ1v) is 6.52. The molecule has 0 amide bonds. The third-order valence-electron chi connectivity index (χ3n) is 2.46. The van der Waals surface area contributed by atoms with Gasteiger partial charge in [-0.3, -0.25) is 4.98 Å². The molecule has 0 spiro atoms. The van der Waals surface area contributed by atoms with Crippen molar-refractivity contribution in [3.63, 3.8) is 0 Å². The Morgan fingerprint density at radius 1 is 1.40 bits per heavy atom. The lowest BCUT2D eigenvalue weighted by atomic mass is 10.3. The fourth-order valence-corrected chi connectivity index (χ4v) is 2.53. The van der Waals surface area contributed by atoms with Crippen molar-refractivity contribution in [1.82, 2.24) is 15.0 Å². The number of ether oxygens (including phenoxy) is 1. The van der Waals surface area contributed by atoms with Gasteiger partial charge in [0.2, 0.25) is 5.88 Å². The summed E-state index contributed by atoms with van der Waals surface area (Å²) < 4.78 is 5.01. The van der Waals surface area contributed by atoms with E-state index >= 15 is 0 Å². The highest BCUT2D eigenvalue weighted by Gasteiger charge is 2.12. The molecule has 0 bridgehead atoms. The normalized spacial score (nSPS) is 10.3. The van der Waals surface area contributed by atoms with Crippen molar-refractivity contribution < 1.29 is 14.7 Å². The molecule has 0 fully saturated rings. The fourth-order valence-electron chi connectivity index (χ4n) is 1.53. The third kappa shape index (κ3) is 3.38. The lowest BCUT2D eigenvalue weighted by molar-refractivity contribution is -0.757. The summed E-state index contributed by atoms with van der Waals surface area (Å²) >= 11 is 1.41. The van der Waals surface area contributed by atoms with Crippen molar-refractivity contribution in [2.75, 3.05) is 13.7 Å². The molecule has 0 atom stereocenters. The second-order valence-electron chi connectivity index (χ2n) is 3.78. The Morgan fingerprint density at radius 3 is 2.90 bits per heavy atom. The van der Waals surface area contributed by atoms with Crippen LogP contribution in [0, 0.1) is 17.0 Å². The van der Waals surface area contributed by atoms with E-state index < -0.39 is 5.09 Å². The topological polar surface area (TPSA) is 100 Å². The molecule has 0 aromatic carbocycles. The molecule has 0 saturated carbocycles. The van der Waals surface area contributed by atoms with E-state index in [0.717, 1.165) is 10.6 Å². The Hall–Kier alpha value is -2.29. The van der Waals surface area contributed by atoms with E-state index in [1.165, 1.54) is 24.6 Å². The SMILES string of the molecule is COc1cncc(-c2nc(C)c(CCO[N+](=O)[O-])s2)n1. The van der Waals surface area contributed by atoms with Crippen molar-refractivity contribution in [1.29, 1.82) is 0 Å². The zero-order valence-corrected chi connectivity index (χ0v) is 11.7. The number of thiazole rings is 1. The molecule has 2 heterocycles. The molecule has 0 saturated heterocycles. The summed E-state index contributed by atoms with van der Waals surface area (Å²) in [4.78, 5) is 28.0. The Kier molecular flexibility index (Phi) is 4.41. The Balaban J connectivity index is 2.15. The van der Waals surface area contributed by atoms with Gasteiger partial charge in [0.15, 0.2) is 0 Å². The van der Waals surface area contributed by atoms with Gasteiger partial charge in [0.25, 0.3) is 5.09 Å². The van der Waals surface area contributed by atoms with E-state index in [2.05, 4.69) is 19.8 Å². The van der Waals surface area contributed by atoms with Crippen LogP contribution >= 0.6 is 11.3 Å². The summed E-state index contributed by atoms with van der Waals surface area (Å²) in [6.07, 6.45) is 3.54. The van der Waals surface area contributed by atoms with Gasteiger partial charge >= 0.3 is 0 Å². The van der Waals surface area contributed by atoms with Crippen LogP contribution < -0.4 is 4.74 Å². The first-order chi connectivity index (χ1) is 9.60. The van der Waals surface area contributed by atoms with Crippen LogP contribution in [0.2, 0.25) is 0 Å². The van der Waals surface area contributed by atoms with Gasteiger partial charge in [-0.15, -0.1) is 21.5 Å². The average Bonchev–Trinajstić information content (AvgIpc) is 2.80. The number of hydrogen-bond donors (Lipinski definition) is 0. The second kappa shape index (κ2) is 6.24.